The molecule has 0 N–H and O–H groups in total. The number of rotatable bonds is 7. The molecule has 0 saturated heterocycles. The molecule has 1 amide bonds. The number of hydrogen-bond donors (Lipinski definition) is 0. The van der Waals surface area contributed by atoms with Gasteiger partial charge in [0, 0.05) is 17.3 Å². The summed E-state index contributed by atoms with van der Waals surface area (Å²) in [5.74, 6) is 1.30. The maximum absolute atomic E-state index is 13.4. The van der Waals surface area contributed by atoms with E-state index in [4.69, 9.17) is 4.74 Å². The van der Waals surface area contributed by atoms with E-state index in [1.54, 1.807) is 7.11 Å². The molecule has 3 nitrogen and oxygen atoms in total. The summed E-state index contributed by atoms with van der Waals surface area (Å²) < 4.78 is 5.31. The fourth-order valence-corrected chi connectivity index (χ4v) is 4.79. The van der Waals surface area contributed by atoms with Gasteiger partial charge in [0.1, 0.15) is 5.75 Å². The molecule has 0 spiro atoms. The van der Waals surface area contributed by atoms with Crippen molar-refractivity contribution in [1.29, 1.82) is 0 Å². The molecule has 0 fully saturated rings. The van der Waals surface area contributed by atoms with Crippen molar-refractivity contribution in [2.75, 3.05) is 13.7 Å². The van der Waals surface area contributed by atoms with Gasteiger partial charge in [-0.1, -0.05) is 38.8 Å². The first-order valence-electron chi connectivity index (χ1n) is 9.70. The molecule has 3 rings (SSSR count). The first kappa shape index (κ1) is 19.0. The third-order valence-corrected chi connectivity index (χ3v) is 6.43. The third kappa shape index (κ3) is 3.80. The number of carbonyl (C=O) groups excluding carboxylic acids is 1. The lowest BCUT2D eigenvalue weighted by molar-refractivity contribution is -0.138. The summed E-state index contributed by atoms with van der Waals surface area (Å²) in [6, 6.07) is 10.4. The quantitative estimate of drug-likeness (QED) is 0.648. The first-order valence-corrected chi connectivity index (χ1v) is 10.6. The summed E-state index contributed by atoms with van der Waals surface area (Å²) in [6.07, 6.45) is 5.14. The number of fused-ring (bicyclic) bond motifs is 1. The lowest BCUT2D eigenvalue weighted by Gasteiger charge is -2.38. The lowest BCUT2D eigenvalue weighted by atomic mass is 9.90. The number of carbonyl (C=O) groups is 1. The van der Waals surface area contributed by atoms with Crippen LogP contribution >= 0.6 is 11.3 Å². The van der Waals surface area contributed by atoms with Crippen LogP contribution in [-0.4, -0.2) is 24.5 Å². The van der Waals surface area contributed by atoms with Gasteiger partial charge in [0.25, 0.3) is 0 Å². The average molecular weight is 372 g/mol. The third-order valence-electron chi connectivity index (χ3n) is 5.43. The number of amides is 1. The number of ether oxygens (including phenoxy) is 1. The summed E-state index contributed by atoms with van der Waals surface area (Å²) in [6.45, 7) is 5.14. The number of methoxy groups -OCH3 is 1. The molecule has 2 aromatic rings. The lowest BCUT2D eigenvalue weighted by Crippen LogP contribution is -2.43. The van der Waals surface area contributed by atoms with Crippen LogP contribution in [-0.2, 0) is 11.2 Å². The minimum Gasteiger partial charge on any atom is -0.497 e. The van der Waals surface area contributed by atoms with Crippen molar-refractivity contribution in [2.24, 2.45) is 5.92 Å². The van der Waals surface area contributed by atoms with Crippen LogP contribution in [0.15, 0.2) is 35.7 Å². The van der Waals surface area contributed by atoms with Gasteiger partial charge in [-0.05, 0) is 54.0 Å². The highest BCUT2D eigenvalue weighted by molar-refractivity contribution is 7.10. The van der Waals surface area contributed by atoms with Gasteiger partial charge in [-0.3, -0.25) is 4.79 Å². The van der Waals surface area contributed by atoms with Crippen LogP contribution in [0.5, 0.6) is 5.75 Å². The van der Waals surface area contributed by atoms with E-state index in [0.717, 1.165) is 44.4 Å². The van der Waals surface area contributed by atoms with Gasteiger partial charge >= 0.3 is 0 Å². The summed E-state index contributed by atoms with van der Waals surface area (Å²) in [5, 5.41) is 2.16. The van der Waals surface area contributed by atoms with Gasteiger partial charge in [-0.25, -0.2) is 0 Å². The molecule has 1 aromatic heterocycles. The van der Waals surface area contributed by atoms with Crippen molar-refractivity contribution in [2.45, 2.75) is 52.0 Å². The molecule has 0 radical (unpaired) electrons. The summed E-state index contributed by atoms with van der Waals surface area (Å²) in [5.41, 5.74) is 2.47. The Morgan fingerprint density at radius 3 is 2.69 bits per heavy atom. The van der Waals surface area contributed by atoms with Gasteiger partial charge in [0.05, 0.1) is 13.2 Å². The Labute approximate surface area is 161 Å². The minimum absolute atomic E-state index is 0.0269. The molecule has 1 aliphatic heterocycles. The molecule has 4 heteroatoms. The second kappa shape index (κ2) is 8.72. The summed E-state index contributed by atoms with van der Waals surface area (Å²) in [4.78, 5) is 16.9. The highest BCUT2D eigenvalue weighted by Gasteiger charge is 2.35. The van der Waals surface area contributed by atoms with Crippen LogP contribution in [0.25, 0.3) is 0 Å². The number of thiophene rings is 1. The molecule has 0 aliphatic carbocycles. The fourth-order valence-electron chi connectivity index (χ4n) is 3.89. The molecule has 0 unspecified atom stereocenters. The van der Waals surface area contributed by atoms with E-state index in [1.165, 1.54) is 16.0 Å². The Morgan fingerprint density at radius 1 is 1.27 bits per heavy atom. The predicted octanol–water partition coefficient (Wildman–Crippen LogP) is 5.45. The molecule has 0 bridgehead atoms. The summed E-state index contributed by atoms with van der Waals surface area (Å²) >= 11 is 1.81. The molecule has 2 atom stereocenters. The monoisotopic (exact) mass is 371 g/mol. The van der Waals surface area contributed by atoms with Crippen molar-refractivity contribution in [1.82, 2.24) is 4.90 Å². The van der Waals surface area contributed by atoms with E-state index in [9.17, 15) is 4.79 Å². The molecule has 26 heavy (non-hydrogen) atoms. The van der Waals surface area contributed by atoms with Gasteiger partial charge in [-0.2, -0.15) is 0 Å². The maximum Gasteiger partial charge on any atom is 0.226 e. The average Bonchev–Trinajstić information content (AvgIpc) is 3.16. The van der Waals surface area contributed by atoms with Crippen molar-refractivity contribution < 1.29 is 9.53 Å². The largest absolute Gasteiger partial charge is 0.497 e. The standard InChI is InChI=1S/C22H29NO2S/c1-4-6-7-16(5-2)22(24)23-14-12-20-19(13-15-26-20)21(23)17-8-10-18(25-3)11-9-17/h8-11,13,15-16,21H,4-7,12,14H2,1-3H3/t16-,21-/m0/s1. The molecule has 1 aromatic carbocycles. The Hall–Kier alpha value is -1.81. The van der Waals surface area contributed by atoms with Gasteiger partial charge in [0.15, 0.2) is 0 Å². The zero-order valence-corrected chi connectivity index (χ0v) is 16.8. The Morgan fingerprint density at radius 2 is 2.04 bits per heavy atom. The SMILES string of the molecule is CCCC[C@H](CC)C(=O)N1CCc2sccc2[C@@H]1c1ccc(OC)cc1. The summed E-state index contributed by atoms with van der Waals surface area (Å²) in [7, 11) is 1.68. The van der Waals surface area contributed by atoms with Crippen LogP contribution in [0.1, 0.15) is 61.6 Å². The van der Waals surface area contributed by atoms with Crippen molar-refractivity contribution in [3.05, 3.63) is 51.7 Å². The maximum atomic E-state index is 13.4. The second-order valence-electron chi connectivity index (χ2n) is 7.00. The Bertz CT molecular complexity index is 722. The molecule has 0 saturated carbocycles. The van der Waals surface area contributed by atoms with E-state index >= 15 is 0 Å². The van der Waals surface area contributed by atoms with Gasteiger partial charge in [-0.15, -0.1) is 11.3 Å². The molecular formula is C22H29NO2S. The fraction of sp³-hybridized carbons (Fsp3) is 0.500. The Balaban J connectivity index is 1.93. The van der Waals surface area contributed by atoms with E-state index in [1.807, 2.05) is 23.5 Å². The van der Waals surface area contributed by atoms with E-state index in [0.29, 0.717) is 5.91 Å². The number of nitrogens with zero attached hydrogens (tertiary/aromatic N) is 1. The van der Waals surface area contributed by atoms with Crippen LogP contribution in [0.2, 0.25) is 0 Å². The number of benzene rings is 1. The van der Waals surface area contributed by atoms with Crippen molar-refractivity contribution in [3.63, 3.8) is 0 Å². The molecule has 140 valence electrons. The minimum atomic E-state index is 0.0269. The number of hydrogen-bond acceptors (Lipinski definition) is 3. The smallest absolute Gasteiger partial charge is 0.226 e. The van der Waals surface area contributed by atoms with E-state index < -0.39 is 0 Å². The first-order chi connectivity index (χ1) is 12.7. The van der Waals surface area contributed by atoms with Crippen molar-refractivity contribution >= 4 is 17.2 Å². The molecular weight excluding hydrogens is 342 g/mol. The number of unbranched alkanes of at least 4 members (excludes halogenated alkanes) is 1. The van der Waals surface area contributed by atoms with Crippen molar-refractivity contribution in [3.8, 4) is 5.75 Å². The van der Waals surface area contributed by atoms with E-state index in [-0.39, 0.29) is 12.0 Å². The van der Waals surface area contributed by atoms with Gasteiger partial charge in [0.2, 0.25) is 5.91 Å². The Kier molecular flexibility index (Phi) is 6.36. The molecule has 2 heterocycles. The normalized spacial score (nSPS) is 17.7. The van der Waals surface area contributed by atoms with Crippen LogP contribution in [0.4, 0.5) is 0 Å². The van der Waals surface area contributed by atoms with Crippen LogP contribution in [0.3, 0.4) is 0 Å². The van der Waals surface area contributed by atoms with Crippen LogP contribution < -0.4 is 4.74 Å². The van der Waals surface area contributed by atoms with Crippen LogP contribution in [0, 0.1) is 5.92 Å². The zero-order valence-electron chi connectivity index (χ0n) is 16.0. The highest BCUT2D eigenvalue weighted by Crippen LogP contribution is 2.39. The highest BCUT2D eigenvalue weighted by atomic mass is 32.1. The topological polar surface area (TPSA) is 29.5 Å². The van der Waals surface area contributed by atoms with E-state index in [2.05, 4.69) is 42.3 Å². The predicted molar refractivity (Wildman–Crippen MR) is 108 cm³/mol. The van der Waals surface area contributed by atoms with Gasteiger partial charge < -0.3 is 9.64 Å². The molecule has 1 aliphatic rings. The zero-order chi connectivity index (χ0) is 18.5. The second-order valence-corrected chi connectivity index (χ2v) is 8.00.